The predicted octanol–water partition coefficient (Wildman–Crippen LogP) is 1.51. The van der Waals surface area contributed by atoms with E-state index in [-0.39, 0.29) is 17.3 Å². The summed E-state index contributed by atoms with van der Waals surface area (Å²) in [6, 6.07) is 11.2. The van der Waals surface area contributed by atoms with E-state index in [0.29, 0.717) is 24.3 Å². The third-order valence-electron chi connectivity index (χ3n) is 4.53. The molecule has 0 aliphatic carbocycles. The molecule has 2 aromatic rings. The number of aromatic nitrogens is 1. The van der Waals surface area contributed by atoms with Crippen LogP contribution < -0.4 is 5.32 Å². The SMILES string of the molecule is COC(=O)c1cccc(NC(=O)c2cccc(C(=O)N3CCN(C)CC3)n2)c1. The molecule has 0 radical (unpaired) electrons. The monoisotopic (exact) mass is 382 g/mol. The van der Waals surface area contributed by atoms with Crippen LogP contribution >= 0.6 is 0 Å². The average molecular weight is 382 g/mol. The lowest BCUT2D eigenvalue weighted by atomic mass is 10.2. The van der Waals surface area contributed by atoms with Gasteiger partial charge in [0.2, 0.25) is 0 Å². The van der Waals surface area contributed by atoms with Crippen molar-refractivity contribution in [3.63, 3.8) is 0 Å². The van der Waals surface area contributed by atoms with Gasteiger partial charge in [-0.3, -0.25) is 9.59 Å². The summed E-state index contributed by atoms with van der Waals surface area (Å²) < 4.78 is 4.68. The number of piperazine rings is 1. The highest BCUT2D eigenvalue weighted by molar-refractivity contribution is 6.04. The van der Waals surface area contributed by atoms with Gasteiger partial charge in [0, 0.05) is 31.9 Å². The van der Waals surface area contributed by atoms with Crippen LogP contribution in [0.15, 0.2) is 42.5 Å². The van der Waals surface area contributed by atoms with Crippen LogP contribution in [0.3, 0.4) is 0 Å². The van der Waals surface area contributed by atoms with Gasteiger partial charge < -0.3 is 19.9 Å². The number of likely N-dealkylation sites (N-methyl/N-ethyl adjacent to an activating group) is 1. The van der Waals surface area contributed by atoms with Crippen molar-refractivity contribution in [3.8, 4) is 0 Å². The number of carbonyl (C=O) groups is 3. The van der Waals surface area contributed by atoms with E-state index in [1.165, 1.54) is 13.2 Å². The normalized spacial score (nSPS) is 14.4. The minimum Gasteiger partial charge on any atom is -0.465 e. The number of amides is 2. The zero-order valence-corrected chi connectivity index (χ0v) is 15.8. The molecule has 0 saturated carbocycles. The lowest BCUT2D eigenvalue weighted by Gasteiger charge is -2.32. The van der Waals surface area contributed by atoms with Gasteiger partial charge in [-0.05, 0) is 37.4 Å². The number of nitrogens with one attached hydrogen (secondary N) is 1. The molecule has 0 spiro atoms. The summed E-state index contributed by atoms with van der Waals surface area (Å²) in [5.74, 6) is -1.14. The van der Waals surface area contributed by atoms with Gasteiger partial charge in [0.25, 0.3) is 11.8 Å². The Bertz CT molecular complexity index is 891. The fourth-order valence-electron chi connectivity index (χ4n) is 2.89. The van der Waals surface area contributed by atoms with Crippen LogP contribution in [0.25, 0.3) is 0 Å². The summed E-state index contributed by atoms with van der Waals surface area (Å²) in [6.07, 6.45) is 0. The smallest absolute Gasteiger partial charge is 0.337 e. The van der Waals surface area contributed by atoms with Crippen LogP contribution in [-0.2, 0) is 4.74 Å². The summed E-state index contributed by atoms with van der Waals surface area (Å²) in [4.78, 5) is 44.9. The minimum absolute atomic E-state index is 0.128. The molecule has 28 heavy (non-hydrogen) atoms. The average Bonchev–Trinajstić information content (AvgIpc) is 2.73. The molecule has 3 rings (SSSR count). The number of anilines is 1. The van der Waals surface area contributed by atoms with Gasteiger partial charge in [0.1, 0.15) is 11.4 Å². The second-order valence-electron chi connectivity index (χ2n) is 6.53. The van der Waals surface area contributed by atoms with Crippen molar-refractivity contribution in [1.29, 1.82) is 0 Å². The molecular formula is C20H22N4O4. The van der Waals surface area contributed by atoms with Crippen LogP contribution in [0.4, 0.5) is 5.69 Å². The van der Waals surface area contributed by atoms with Crippen molar-refractivity contribution in [2.24, 2.45) is 0 Å². The van der Waals surface area contributed by atoms with E-state index >= 15 is 0 Å². The largest absolute Gasteiger partial charge is 0.465 e. The van der Waals surface area contributed by atoms with Gasteiger partial charge >= 0.3 is 5.97 Å². The van der Waals surface area contributed by atoms with Crippen LogP contribution in [-0.4, -0.2) is 72.9 Å². The van der Waals surface area contributed by atoms with Gasteiger partial charge in [-0.25, -0.2) is 9.78 Å². The zero-order chi connectivity index (χ0) is 20.1. The highest BCUT2D eigenvalue weighted by Gasteiger charge is 2.22. The van der Waals surface area contributed by atoms with Crippen LogP contribution in [0.1, 0.15) is 31.3 Å². The number of nitrogens with zero attached hydrogens (tertiary/aromatic N) is 3. The maximum atomic E-state index is 12.7. The lowest BCUT2D eigenvalue weighted by Crippen LogP contribution is -2.47. The molecule has 0 atom stereocenters. The molecule has 2 amide bonds. The number of carbonyl (C=O) groups excluding carboxylic acids is 3. The highest BCUT2D eigenvalue weighted by atomic mass is 16.5. The quantitative estimate of drug-likeness (QED) is 0.806. The summed E-state index contributed by atoms with van der Waals surface area (Å²) in [5, 5.41) is 2.69. The maximum Gasteiger partial charge on any atom is 0.337 e. The van der Waals surface area contributed by atoms with Gasteiger partial charge in [0.15, 0.2) is 0 Å². The standard InChI is InChI=1S/C20H22N4O4/c1-23-9-11-24(12-10-23)19(26)17-8-4-7-16(22-17)18(25)21-15-6-3-5-14(13-15)20(27)28-2/h3-8,13H,9-12H2,1-2H3,(H,21,25). The molecule has 1 aromatic heterocycles. The Morgan fingerprint density at radius 2 is 1.68 bits per heavy atom. The van der Waals surface area contributed by atoms with Crippen molar-refractivity contribution >= 4 is 23.5 Å². The molecule has 1 aromatic carbocycles. The molecule has 1 aliphatic rings. The van der Waals surface area contributed by atoms with E-state index in [0.717, 1.165) is 13.1 Å². The number of pyridine rings is 1. The van der Waals surface area contributed by atoms with Gasteiger partial charge in [-0.1, -0.05) is 12.1 Å². The van der Waals surface area contributed by atoms with E-state index in [2.05, 4.69) is 19.9 Å². The Labute approximate surface area is 163 Å². The topological polar surface area (TPSA) is 91.8 Å². The second-order valence-corrected chi connectivity index (χ2v) is 6.53. The molecule has 1 fully saturated rings. The van der Waals surface area contributed by atoms with E-state index in [1.54, 1.807) is 41.3 Å². The number of hydrogen-bond donors (Lipinski definition) is 1. The zero-order valence-electron chi connectivity index (χ0n) is 15.8. The number of methoxy groups -OCH3 is 1. The van der Waals surface area contributed by atoms with Crippen molar-refractivity contribution in [1.82, 2.24) is 14.8 Å². The van der Waals surface area contributed by atoms with Crippen LogP contribution in [0.5, 0.6) is 0 Å². The Morgan fingerprint density at radius 3 is 2.39 bits per heavy atom. The van der Waals surface area contributed by atoms with Crippen LogP contribution in [0, 0.1) is 0 Å². The molecule has 0 unspecified atom stereocenters. The van der Waals surface area contributed by atoms with Gasteiger partial charge in [0.05, 0.1) is 12.7 Å². The molecule has 0 bridgehead atoms. The summed E-state index contributed by atoms with van der Waals surface area (Å²) in [5.41, 5.74) is 1.13. The summed E-state index contributed by atoms with van der Waals surface area (Å²) in [7, 11) is 3.31. The first-order chi connectivity index (χ1) is 13.5. The molecule has 2 heterocycles. The molecule has 8 heteroatoms. The lowest BCUT2D eigenvalue weighted by molar-refractivity contribution is 0.0599. The number of rotatable bonds is 4. The maximum absolute atomic E-state index is 12.7. The highest BCUT2D eigenvalue weighted by Crippen LogP contribution is 2.13. The fourth-order valence-corrected chi connectivity index (χ4v) is 2.89. The first kappa shape index (κ1) is 19.5. The molecule has 8 nitrogen and oxygen atoms in total. The Balaban J connectivity index is 1.72. The summed E-state index contributed by atoms with van der Waals surface area (Å²) >= 11 is 0. The van der Waals surface area contributed by atoms with Crippen molar-refractivity contribution < 1.29 is 19.1 Å². The van der Waals surface area contributed by atoms with E-state index in [9.17, 15) is 14.4 Å². The van der Waals surface area contributed by atoms with Crippen molar-refractivity contribution in [2.75, 3.05) is 45.7 Å². The molecule has 1 N–H and O–H groups in total. The Morgan fingerprint density at radius 1 is 1.00 bits per heavy atom. The number of hydrogen-bond acceptors (Lipinski definition) is 6. The number of benzene rings is 1. The van der Waals surface area contributed by atoms with E-state index in [4.69, 9.17) is 0 Å². The van der Waals surface area contributed by atoms with Crippen molar-refractivity contribution in [3.05, 3.63) is 59.4 Å². The number of esters is 1. The minimum atomic E-state index is -0.492. The molecular weight excluding hydrogens is 360 g/mol. The van der Waals surface area contributed by atoms with Gasteiger partial charge in [-0.2, -0.15) is 0 Å². The molecule has 1 aliphatic heterocycles. The molecule has 1 saturated heterocycles. The fraction of sp³-hybridized carbons (Fsp3) is 0.300. The number of ether oxygens (including phenoxy) is 1. The molecule has 146 valence electrons. The third kappa shape index (κ3) is 4.52. The van der Waals surface area contributed by atoms with Gasteiger partial charge in [-0.15, -0.1) is 0 Å². The second kappa shape index (κ2) is 8.62. The van der Waals surface area contributed by atoms with E-state index < -0.39 is 11.9 Å². The first-order valence-corrected chi connectivity index (χ1v) is 8.92. The first-order valence-electron chi connectivity index (χ1n) is 8.92. The summed E-state index contributed by atoms with van der Waals surface area (Å²) in [6.45, 7) is 2.88. The predicted molar refractivity (Wildman–Crippen MR) is 103 cm³/mol. The van der Waals surface area contributed by atoms with Crippen molar-refractivity contribution in [2.45, 2.75) is 0 Å². The van der Waals surface area contributed by atoms with E-state index in [1.807, 2.05) is 7.05 Å². The third-order valence-corrected chi connectivity index (χ3v) is 4.53. The van der Waals surface area contributed by atoms with Crippen LogP contribution in [0.2, 0.25) is 0 Å². The Hall–Kier alpha value is -3.26. The Kier molecular flexibility index (Phi) is 6.00.